The van der Waals surface area contributed by atoms with Crippen LogP contribution in [-0.4, -0.2) is 29.3 Å². The summed E-state index contributed by atoms with van der Waals surface area (Å²) in [6.07, 6.45) is 1.89. The molecule has 0 fully saturated rings. The van der Waals surface area contributed by atoms with Gasteiger partial charge in [-0.2, -0.15) is 0 Å². The summed E-state index contributed by atoms with van der Waals surface area (Å²) in [6, 6.07) is 12.8. The van der Waals surface area contributed by atoms with Crippen LogP contribution in [0.15, 0.2) is 63.5 Å². The van der Waals surface area contributed by atoms with E-state index < -0.39 is 12.0 Å². The van der Waals surface area contributed by atoms with Crippen LogP contribution in [0.5, 0.6) is 5.75 Å². The molecule has 0 unspecified atom stereocenters. The molecule has 206 valence electrons. The zero-order valence-corrected chi connectivity index (χ0v) is 26.6. The Hall–Kier alpha value is -3.15. The Labute approximate surface area is 254 Å². The number of ether oxygens (including phenoxy) is 2. The summed E-state index contributed by atoms with van der Waals surface area (Å²) >= 11 is 9.99. The summed E-state index contributed by atoms with van der Waals surface area (Å²) < 4.78 is 16.1. The molecule has 4 aromatic rings. The van der Waals surface area contributed by atoms with Crippen LogP contribution in [0.3, 0.4) is 0 Å². The van der Waals surface area contributed by atoms with Crippen LogP contribution in [0, 0.1) is 24.3 Å². The summed E-state index contributed by atoms with van der Waals surface area (Å²) in [5.74, 6) is -0.0739. The number of rotatable bonds is 5. The fourth-order valence-electron chi connectivity index (χ4n) is 5.10. The minimum atomic E-state index is -0.818. The maximum absolute atomic E-state index is 14.0. The Morgan fingerprint density at radius 3 is 2.52 bits per heavy atom. The molecule has 2 aromatic heterocycles. The van der Waals surface area contributed by atoms with Gasteiger partial charge in [-0.1, -0.05) is 29.0 Å². The monoisotopic (exact) mass is 687 g/mol. The Morgan fingerprint density at radius 1 is 1.10 bits per heavy atom. The zero-order valence-electron chi connectivity index (χ0n) is 22.8. The quantitative estimate of drug-likeness (QED) is 0.208. The van der Waals surface area contributed by atoms with E-state index in [2.05, 4.69) is 70.3 Å². The molecule has 0 amide bonds. The van der Waals surface area contributed by atoms with Gasteiger partial charge >= 0.3 is 5.97 Å². The van der Waals surface area contributed by atoms with Gasteiger partial charge in [-0.25, -0.2) is 9.79 Å². The molecule has 7 nitrogen and oxygen atoms in total. The van der Waals surface area contributed by atoms with E-state index in [-0.39, 0.29) is 11.1 Å². The molecule has 1 aliphatic rings. The number of hydrogen-bond donors (Lipinski definition) is 0. The van der Waals surface area contributed by atoms with Gasteiger partial charge in [0.05, 0.1) is 30.0 Å². The van der Waals surface area contributed by atoms with E-state index in [1.807, 2.05) is 13.0 Å². The lowest BCUT2D eigenvalue weighted by Gasteiger charge is -2.25. The van der Waals surface area contributed by atoms with Gasteiger partial charge in [-0.05, 0) is 104 Å². The van der Waals surface area contributed by atoms with Gasteiger partial charge in [-0.3, -0.25) is 9.36 Å². The molecule has 1 atom stereocenters. The first-order valence-corrected chi connectivity index (χ1v) is 14.7. The first-order chi connectivity index (χ1) is 19.0. The molecule has 0 radical (unpaired) electrons. The lowest BCUT2D eigenvalue weighted by molar-refractivity contribution is -0.136. The fraction of sp³-hybridized carbons (Fsp3) is 0.233. The van der Waals surface area contributed by atoms with E-state index in [4.69, 9.17) is 21.1 Å². The summed E-state index contributed by atoms with van der Waals surface area (Å²) in [5, 5.41) is 0.454. The highest BCUT2D eigenvalue weighted by molar-refractivity contribution is 14.1. The minimum Gasteiger partial charge on any atom is -0.496 e. The highest BCUT2D eigenvalue weighted by Gasteiger charge is 2.35. The molecule has 40 heavy (non-hydrogen) atoms. The molecule has 1 aliphatic heterocycles. The van der Waals surface area contributed by atoms with E-state index in [1.165, 1.54) is 39.3 Å². The van der Waals surface area contributed by atoms with Crippen molar-refractivity contribution in [2.45, 2.75) is 33.7 Å². The van der Waals surface area contributed by atoms with Gasteiger partial charge in [0.25, 0.3) is 5.56 Å². The summed E-state index contributed by atoms with van der Waals surface area (Å²) in [6.45, 7) is 7.92. The lowest BCUT2D eigenvalue weighted by Crippen LogP contribution is -2.40. The topological polar surface area (TPSA) is 74.8 Å². The number of methoxy groups -OCH3 is 2. The van der Waals surface area contributed by atoms with Crippen molar-refractivity contribution in [1.29, 1.82) is 0 Å². The van der Waals surface area contributed by atoms with Crippen LogP contribution in [0.1, 0.15) is 41.0 Å². The van der Waals surface area contributed by atoms with E-state index in [0.29, 0.717) is 31.4 Å². The van der Waals surface area contributed by atoms with Crippen molar-refractivity contribution < 1.29 is 14.3 Å². The van der Waals surface area contributed by atoms with Crippen LogP contribution < -0.4 is 19.6 Å². The third-order valence-corrected chi connectivity index (χ3v) is 9.46. The number of allylic oxidation sites excluding steroid dienone is 1. The van der Waals surface area contributed by atoms with Gasteiger partial charge in [0, 0.05) is 31.2 Å². The van der Waals surface area contributed by atoms with Crippen LogP contribution in [0.4, 0.5) is 0 Å². The second-order valence-electron chi connectivity index (χ2n) is 9.56. The average Bonchev–Trinajstić information content (AvgIpc) is 3.38. The van der Waals surface area contributed by atoms with Crippen molar-refractivity contribution in [3.8, 4) is 11.4 Å². The van der Waals surface area contributed by atoms with Crippen molar-refractivity contribution in [2.75, 3.05) is 14.2 Å². The number of esters is 1. The molecule has 2 aromatic carbocycles. The molecule has 10 heteroatoms. The largest absolute Gasteiger partial charge is 0.496 e. The number of fused-ring (bicyclic) bond motifs is 1. The Morgan fingerprint density at radius 2 is 1.85 bits per heavy atom. The summed E-state index contributed by atoms with van der Waals surface area (Å²) in [5.41, 5.74) is 6.33. The van der Waals surface area contributed by atoms with Gasteiger partial charge in [0.15, 0.2) is 4.80 Å². The number of carbonyl (C=O) groups is 1. The average molecular weight is 688 g/mol. The molecule has 0 aliphatic carbocycles. The molecule has 3 heterocycles. The standard InChI is InChI=1S/C30H27ClIN3O4S/c1-15-7-9-21(14-23(15)32)34-16(2)11-19(18(34)4)12-25-28(36)35-27(22-13-20(31)8-10-24(22)38-5)26(29(37)39-6)17(3)33-30(35)40-25/h7-14,27H,1-6H3/b25-12-/t27-/m1/s1. The van der Waals surface area contributed by atoms with Crippen LogP contribution in [0.25, 0.3) is 11.8 Å². The van der Waals surface area contributed by atoms with E-state index in [1.54, 1.807) is 25.1 Å². The highest BCUT2D eigenvalue weighted by Crippen LogP contribution is 2.37. The smallest absolute Gasteiger partial charge is 0.338 e. The molecular formula is C30H27ClIN3O4S. The molecule has 0 saturated heterocycles. The normalized spacial score (nSPS) is 15.2. The molecule has 0 saturated carbocycles. The Balaban J connectivity index is 1.73. The van der Waals surface area contributed by atoms with E-state index >= 15 is 0 Å². The third-order valence-electron chi connectivity index (χ3n) is 7.08. The first-order valence-electron chi connectivity index (χ1n) is 12.5. The van der Waals surface area contributed by atoms with Crippen LogP contribution in [-0.2, 0) is 9.53 Å². The van der Waals surface area contributed by atoms with Crippen molar-refractivity contribution in [3.63, 3.8) is 0 Å². The van der Waals surface area contributed by atoms with E-state index in [0.717, 1.165) is 22.6 Å². The first kappa shape index (κ1) is 28.4. The number of hydrogen-bond acceptors (Lipinski definition) is 6. The number of nitrogens with zero attached hydrogens (tertiary/aromatic N) is 3. The molecule has 5 rings (SSSR count). The van der Waals surface area contributed by atoms with Crippen molar-refractivity contribution in [3.05, 3.63) is 110 Å². The second kappa shape index (κ2) is 11.0. The van der Waals surface area contributed by atoms with Crippen molar-refractivity contribution in [2.24, 2.45) is 4.99 Å². The lowest BCUT2D eigenvalue weighted by atomic mass is 9.95. The van der Waals surface area contributed by atoms with Gasteiger partial charge in [0.1, 0.15) is 11.8 Å². The predicted molar refractivity (Wildman–Crippen MR) is 166 cm³/mol. The second-order valence-corrected chi connectivity index (χ2v) is 12.2. The number of aryl methyl sites for hydroxylation is 2. The maximum atomic E-state index is 14.0. The fourth-order valence-corrected chi connectivity index (χ4v) is 6.82. The highest BCUT2D eigenvalue weighted by atomic mass is 127. The van der Waals surface area contributed by atoms with Gasteiger partial charge in [0.2, 0.25) is 0 Å². The van der Waals surface area contributed by atoms with Crippen molar-refractivity contribution >= 4 is 57.6 Å². The summed E-state index contributed by atoms with van der Waals surface area (Å²) in [4.78, 5) is 32.1. The Bertz CT molecular complexity index is 1900. The number of halogens is 2. The Kier molecular flexibility index (Phi) is 7.82. The van der Waals surface area contributed by atoms with Gasteiger partial charge < -0.3 is 14.0 Å². The maximum Gasteiger partial charge on any atom is 0.338 e. The number of carbonyl (C=O) groups excluding carboxylic acids is 1. The van der Waals surface area contributed by atoms with Crippen LogP contribution >= 0.6 is 45.5 Å². The SMILES string of the molecule is COC(=O)C1=C(C)N=c2s/c(=C\c3cc(C)n(-c4ccc(C)c(I)c4)c3C)c(=O)n2[C@@H]1c1cc(Cl)ccc1OC. The molecule has 0 N–H and O–H groups in total. The van der Waals surface area contributed by atoms with Gasteiger partial charge in [-0.15, -0.1) is 0 Å². The number of thiazole rings is 1. The van der Waals surface area contributed by atoms with E-state index in [9.17, 15) is 9.59 Å². The zero-order chi connectivity index (χ0) is 28.9. The number of aromatic nitrogens is 2. The number of benzene rings is 2. The third kappa shape index (κ3) is 4.84. The minimum absolute atomic E-state index is 0.258. The summed E-state index contributed by atoms with van der Waals surface area (Å²) in [7, 11) is 2.85. The van der Waals surface area contributed by atoms with Crippen molar-refractivity contribution in [1.82, 2.24) is 9.13 Å². The molecular weight excluding hydrogens is 661 g/mol. The molecule has 0 spiro atoms. The molecule has 0 bridgehead atoms. The predicted octanol–water partition coefficient (Wildman–Crippen LogP) is 5.39. The van der Waals surface area contributed by atoms with Crippen LogP contribution in [0.2, 0.25) is 5.02 Å².